The van der Waals surface area contributed by atoms with E-state index in [2.05, 4.69) is 10.6 Å². The van der Waals surface area contributed by atoms with Crippen LogP contribution in [0, 0.1) is 6.92 Å². The van der Waals surface area contributed by atoms with E-state index in [4.69, 9.17) is 44.3 Å². The van der Waals surface area contributed by atoms with Gasteiger partial charge in [-0.3, -0.25) is 9.59 Å². The Balaban J connectivity index is 1.47. The van der Waals surface area contributed by atoms with Crippen molar-refractivity contribution in [2.24, 2.45) is 0 Å². The first-order valence-corrected chi connectivity index (χ1v) is 12.4. The Morgan fingerprint density at radius 1 is 1.03 bits per heavy atom. The minimum atomic E-state index is -0.708. The molecule has 1 aliphatic heterocycles. The summed E-state index contributed by atoms with van der Waals surface area (Å²) >= 11 is 18.5. The fourth-order valence-corrected chi connectivity index (χ4v) is 4.29. The molecule has 11 heteroatoms. The number of imide groups is 1. The van der Waals surface area contributed by atoms with E-state index in [-0.39, 0.29) is 17.3 Å². The predicted octanol–water partition coefficient (Wildman–Crippen LogP) is 6.07. The average Bonchev–Trinajstić information content (AvgIpc) is 3.12. The Bertz CT molecular complexity index is 1460. The Labute approximate surface area is 234 Å². The van der Waals surface area contributed by atoms with Gasteiger partial charge in [-0.25, -0.2) is 9.69 Å². The van der Waals surface area contributed by atoms with Crippen LogP contribution in [0.1, 0.15) is 16.7 Å². The standard InChI is InChI=1S/C27H22Cl3N3O5/c1-15-4-3-5-18(8-15)31-24(34)13-33-26(35)22(32-27(33)36)11-17-10-21(30)25(23(12-17)37-2)38-14-16-6-7-19(28)20(29)9-16/h3-12H,13-14H2,1-2H3,(H,31,34)(H,32,36)/b22-11+. The van der Waals surface area contributed by atoms with Gasteiger partial charge in [0.2, 0.25) is 5.91 Å². The van der Waals surface area contributed by atoms with Crippen molar-refractivity contribution in [1.82, 2.24) is 10.2 Å². The molecule has 1 fully saturated rings. The third-order valence-electron chi connectivity index (χ3n) is 5.50. The summed E-state index contributed by atoms with van der Waals surface area (Å²) in [6.45, 7) is 1.60. The molecular formula is C27H22Cl3N3O5. The lowest BCUT2D eigenvalue weighted by atomic mass is 10.1. The van der Waals surface area contributed by atoms with Gasteiger partial charge in [-0.05, 0) is 66.1 Å². The molecule has 0 radical (unpaired) electrons. The van der Waals surface area contributed by atoms with Crippen LogP contribution < -0.4 is 20.1 Å². The van der Waals surface area contributed by atoms with Crippen LogP contribution in [-0.2, 0) is 16.2 Å². The molecule has 1 heterocycles. The summed E-state index contributed by atoms with van der Waals surface area (Å²) in [7, 11) is 1.45. The van der Waals surface area contributed by atoms with E-state index in [0.29, 0.717) is 32.8 Å². The Morgan fingerprint density at radius 3 is 2.53 bits per heavy atom. The topological polar surface area (TPSA) is 97.0 Å². The summed E-state index contributed by atoms with van der Waals surface area (Å²) in [6.07, 6.45) is 1.44. The van der Waals surface area contributed by atoms with E-state index in [0.717, 1.165) is 16.0 Å². The first kappa shape index (κ1) is 27.3. The van der Waals surface area contributed by atoms with E-state index < -0.39 is 24.4 Å². The van der Waals surface area contributed by atoms with Gasteiger partial charge in [-0.15, -0.1) is 0 Å². The zero-order chi connectivity index (χ0) is 27.4. The number of halogens is 3. The number of anilines is 1. The van der Waals surface area contributed by atoms with Crippen LogP contribution in [-0.4, -0.2) is 36.4 Å². The van der Waals surface area contributed by atoms with Crippen molar-refractivity contribution in [3.8, 4) is 11.5 Å². The maximum Gasteiger partial charge on any atom is 0.329 e. The van der Waals surface area contributed by atoms with E-state index in [1.165, 1.54) is 13.2 Å². The zero-order valence-electron chi connectivity index (χ0n) is 20.3. The number of nitrogens with one attached hydrogen (secondary N) is 2. The fourth-order valence-electron chi connectivity index (χ4n) is 3.70. The Kier molecular flexibility index (Phi) is 8.46. The van der Waals surface area contributed by atoms with Crippen LogP contribution >= 0.6 is 34.8 Å². The van der Waals surface area contributed by atoms with Crippen molar-refractivity contribution in [1.29, 1.82) is 0 Å². The zero-order valence-corrected chi connectivity index (χ0v) is 22.6. The lowest BCUT2D eigenvalue weighted by Crippen LogP contribution is -2.38. The van der Waals surface area contributed by atoms with Gasteiger partial charge in [0.15, 0.2) is 11.5 Å². The minimum Gasteiger partial charge on any atom is -0.493 e. The van der Waals surface area contributed by atoms with E-state index >= 15 is 0 Å². The second-order valence-electron chi connectivity index (χ2n) is 8.37. The van der Waals surface area contributed by atoms with Crippen LogP contribution in [0.4, 0.5) is 10.5 Å². The summed E-state index contributed by atoms with van der Waals surface area (Å²) < 4.78 is 11.3. The SMILES string of the molecule is COc1cc(/C=C2/NC(=O)N(CC(=O)Nc3cccc(C)c3)C2=O)cc(Cl)c1OCc1ccc(Cl)c(Cl)c1. The molecule has 3 aromatic carbocycles. The summed E-state index contributed by atoms with van der Waals surface area (Å²) in [5.41, 5.74) is 2.77. The number of rotatable bonds is 8. The highest BCUT2D eigenvalue weighted by molar-refractivity contribution is 6.42. The molecule has 2 N–H and O–H groups in total. The molecule has 38 heavy (non-hydrogen) atoms. The van der Waals surface area contributed by atoms with Crippen LogP contribution in [0.5, 0.6) is 11.5 Å². The molecule has 0 aromatic heterocycles. The van der Waals surface area contributed by atoms with Gasteiger partial charge in [0, 0.05) is 5.69 Å². The van der Waals surface area contributed by atoms with Crippen molar-refractivity contribution in [3.05, 3.63) is 92.1 Å². The van der Waals surface area contributed by atoms with Crippen molar-refractivity contribution in [3.63, 3.8) is 0 Å². The Morgan fingerprint density at radius 2 is 1.82 bits per heavy atom. The third kappa shape index (κ3) is 6.39. The number of carbonyl (C=O) groups excluding carboxylic acids is 3. The summed E-state index contributed by atoms with van der Waals surface area (Å²) in [4.78, 5) is 38.5. The van der Waals surface area contributed by atoms with Gasteiger partial charge in [0.25, 0.3) is 5.91 Å². The maximum absolute atomic E-state index is 12.9. The number of amides is 4. The number of ether oxygens (including phenoxy) is 2. The average molecular weight is 575 g/mol. The molecule has 196 valence electrons. The highest BCUT2D eigenvalue weighted by Crippen LogP contribution is 2.38. The quantitative estimate of drug-likeness (QED) is 0.251. The molecule has 4 rings (SSSR count). The molecular weight excluding hydrogens is 553 g/mol. The highest BCUT2D eigenvalue weighted by atomic mass is 35.5. The van der Waals surface area contributed by atoms with Crippen LogP contribution in [0.3, 0.4) is 0 Å². The van der Waals surface area contributed by atoms with Crippen molar-refractivity contribution >= 4 is 64.4 Å². The number of methoxy groups -OCH3 is 1. The number of urea groups is 1. The van der Waals surface area contributed by atoms with Crippen molar-refractivity contribution in [2.75, 3.05) is 19.0 Å². The number of benzene rings is 3. The molecule has 0 atom stereocenters. The van der Waals surface area contributed by atoms with Gasteiger partial charge in [0.1, 0.15) is 18.8 Å². The van der Waals surface area contributed by atoms with E-state index in [1.807, 2.05) is 13.0 Å². The summed E-state index contributed by atoms with van der Waals surface area (Å²) in [6, 6.07) is 14.8. The molecule has 4 amide bonds. The van der Waals surface area contributed by atoms with Crippen LogP contribution in [0.2, 0.25) is 15.1 Å². The van der Waals surface area contributed by atoms with E-state index in [1.54, 1.807) is 48.5 Å². The van der Waals surface area contributed by atoms with Crippen molar-refractivity contribution < 1.29 is 23.9 Å². The van der Waals surface area contributed by atoms with Crippen LogP contribution in [0.25, 0.3) is 6.08 Å². The molecule has 3 aromatic rings. The van der Waals surface area contributed by atoms with Crippen LogP contribution in [0.15, 0.2) is 60.3 Å². The summed E-state index contributed by atoms with van der Waals surface area (Å²) in [5.74, 6) is -0.549. The number of nitrogens with zero attached hydrogens (tertiary/aromatic N) is 1. The molecule has 0 spiro atoms. The molecule has 0 bridgehead atoms. The highest BCUT2D eigenvalue weighted by Gasteiger charge is 2.35. The van der Waals surface area contributed by atoms with Gasteiger partial charge in [-0.2, -0.15) is 0 Å². The number of hydrogen-bond donors (Lipinski definition) is 2. The normalized spacial score (nSPS) is 14.0. The largest absolute Gasteiger partial charge is 0.493 e. The van der Waals surface area contributed by atoms with Crippen molar-refractivity contribution in [2.45, 2.75) is 13.5 Å². The summed E-state index contributed by atoms with van der Waals surface area (Å²) in [5, 5.41) is 6.23. The minimum absolute atomic E-state index is 0.0130. The number of aryl methyl sites for hydroxylation is 1. The molecule has 0 unspecified atom stereocenters. The second kappa shape index (κ2) is 11.8. The number of carbonyl (C=O) groups is 3. The smallest absolute Gasteiger partial charge is 0.329 e. The molecule has 0 aliphatic carbocycles. The lowest BCUT2D eigenvalue weighted by Gasteiger charge is -2.14. The molecule has 0 saturated carbocycles. The maximum atomic E-state index is 12.9. The van der Waals surface area contributed by atoms with Gasteiger partial charge >= 0.3 is 6.03 Å². The van der Waals surface area contributed by atoms with E-state index in [9.17, 15) is 14.4 Å². The molecule has 1 aliphatic rings. The first-order valence-electron chi connectivity index (χ1n) is 11.3. The second-order valence-corrected chi connectivity index (χ2v) is 9.59. The van der Waals surface area contributed by atoms with Gasteiger partial charge in [-0.1, -0.05) is 53.0 Å². The lowest BCUT2D eigenvalue weighted by molar-refractivity contribution is -0.127. The monoisotopic (exact) mass is 573 g/mol. The Hall–Kier alpha value is -3.72. The predicted molar refractivity (Wildman–Crippen MR) is 147 cm³/mol. The first-order chi connectivity index (χ1) is 18.1. The van der Waals surface area contributed by atoms with Gasteiger partial charge in [0.05, 0.1) is 22.2 Å². The molecule has 8 nitrogen and oxygen atoms in total. The third-order valence-corrected chi connectivity index (χ3v) is 6.52. The number of hydrogen-bond acceptors (Lipinski definition) is 5. The molecule has 1 saturated heterocycles. The fraction of sp³-hybridized carbons (Fsp3) is 0.148. The van der Waals surface area contributed by atoms with Gasteiger partial charge < -0.3 is 20.1 Å².